The number of hydrogen-bond acceptors (Lipinski definition) is 6. The number of fused-ring (bicyclic) bond motifs is 2. The number of nitrogens with zero attached hydrogens (tertiary/aromatic N) is 5. The van der Waals surface area contributed by atoms with E-state index in [4.69, 9.17) is 5.73 Å². The molecule has 26 heavy (non-hydrogen) atoms. The van der Waals surface area contributed by atoms with Crippen LogP contribution < -0.4 is 11.3 Å². The molecule has 0 amide bonds. The fourth-order valence-electron chi connectivity index (χ4n) is 3.54. The van der Waals surface area contributed by atoms with Crippen molar-refractivity contribution in [2.75, 3.05) is 0 Å². The standard InChI is InChI=1S/C18H19IN6O/c1-10(2)25-12(7-11-5-3-4-6-13(11)18(25)26)8-24-17-14(15(19)23-24)16(20)21-9-22-17/h3-7,9-10,14,17H,8H2,1-2H3,(H2,20,21,22). The van der Waals surface area contributed by atoms with Crippen LogP contribution in [-0.4, -0.2) is 31.6 Å². The second kappa shape index (κ2) is 6.49. The summed E-state index contributed by atoms with van der Waals surface area (Å²) in [7, 11) is 0. The summed E-state index contributed by atoms with van der Waals surface area (Å²) in [5.41, 5.74) is 6.97. The van der Waals surface area contributed by atoms with Gasteiger partial charge >= 0.3 is 0 Å². The molecule has 134 valence electrons. The van der Waals surface area contributed by atoms with Gasteiger partial charge < -0.3 is 10.3 Å². The molecule has 0 radical (unpaired) electrons. The fourth-order valence-corrected chi connectivity index (χ4v) is 4.45. The van der Waals surface area contributed by atoms with Crippen LogP contribution in [0.25, 0.3) is 10.8 Å². The Kier molecular flexibility index (Phi) is 4.29. The van der Waals surface area contributed by atoms with Gasteiger partial charge in [-0.3, -0.25) is 9.80 Å². The highest BCUT2D eigenvalue weighted by molar-refractivity contribution is 14.1. The quantitative estimate of drug-likeness (QED) is 0.712. The maximum absolute atomic E-state index is 13.0. The normalized spacial score (nSPS) is 21.9. The van der Waals surface area contributed by atoms with Gasteiger partial charge in [-0.05, 0) is 54.0 Å². The van der Waals surface area contributed by atoms with Crippen molar-refractivity contribution in [2.45, 2.75) is 32.6 Å². The molecule has 7 nitrogen and oxygen atoms in total. The lowest BCUT2D eigenvalue weighted by Crippen LogP contribution is -2.41. The monoisotopic (exact) mass is 462 g/mol. The van der Waals surface area contributed by atoms with E-state index in [1.165, 1.54) is 6.34 Å². The van der Waals surface area contributed by atoms with Crippen LogP contribution in [-0.2, 0) is 6.54 Å². The van der Waals surface area contributed by atoms with Crippen LogP contribution in [0.5, 0.6) is 0 Å². The first-order chi connectivity index (χ1) is 12.5. The van der Waals surface area contributed by atoms with Crippen molar-refractivity contribution >= 4 is 49.3 Å². The molecule has 0 saturated carbocycles. The van der Waals surface area contributed by atoms with Gasteiger partial charge in [-0.2, -0.15) is 5.10 Å². The predicted molar refractivity (Wildman–Crippen MR) is 113 cm³/mol. The van der Waals surface area contributed by atoms with Gasteiger partial charge in [0.1, 0.15) is 21.8 Å². The molecule has 3 heterocycles. The Labute approximate surface area is 164 Å². The largest absolute Gasteiger partial charge is 0.386 e. The van der Waals surface area contributed by atoms with E-state index in [-0.39, 0.29) is 23.7 Å². The summed E-state index contributed by atoms with van der Waals surface area (Å²) in [5.74, 6) is 0.417. The second-order valence-electron chi connectivity index (χ2n) is 6.72. The number of pyridine rings is 1. The first-order valence-corrected chi connectivity index (χ1v) is 9.54. The van der Waals surface area contributed by atoms with Gasteiger partial charge in [0.2, 0.25) is 0 Å². The van der Waals surface area contributed by atoms with Gasteiger partial charge in [-0.15, -0.1) is 0 Å². The Morgan fingerprint density at radius 3 is 2.85 bits per heavy atom. The molecule has 2 N–H and O–H groups in total. The summed E-state index contributed by atoms with van der Waals surface area (Å²) >= 11 is 2.19. The van der Waals surface area contributed by atoms with E-state index in [0.717, 1.165) is 20.2 Å². The molecule has 1 aromatic heterocycles. The van der Waals surface area contributed by atoms with E-state index in [9.17, 15) is 4.79 Å². The molecule has 2 aromatic rings. The van der Waals surface area contributed by atoms with Gasteiger partial charge in [-0.1, -0.05) is 18.2 Å². The molecule has 0 aliphatic carbocycles. The predicted octanol–water partition coefficient (Wildman–Crippen LogP) is 2.49. The minimum atomic E-state index is -0.207. The van der Waals surface area contributed by atoms with Gasteiger partial charge in [-0.25, -0.2) is 9.98 Å². The van der Waals surface area contributed by atoms with Crippen molar-refractivity contribution in [1.82, 2.24) is 9.58 Å². The lowest BCUT2D eigenvalue weighted by atomic mass is 10.1. The summed E-state index contributed by atoms with van der Waals surface area (Å²) in [6, 6.07) is 9.79. The number of benzene rings is 1. The molecule has 4 rings (SSSR count). The number of aromatic nitrogens is 1. The lowest BCUT2D eigenvalue weighted by Gasteiger charge is -2.27. The summed E-state index contributed by atoms with van der Waals surface area (Å²) in [6.45, 7) is 4.52. The van der Waals surface area contributed by atoms with Crippen molar-refractivity contribution in [3.8, 4) is 0 Å². The van der Waals surface area contributed by atoms with Crippen molar-refractivity contribution in [2.24, 2.45) is 26.7 Å². The third kappa shape index (κ3) is 2.72. The summed E-state index contributed by atoms with van der Waals surface area (Å²) in [5, 5.41) is 8.20. The number of hydrazone groups is 1. The van der Waals surface area contributed by atoms with Crippen LogP contribution in [0.2, 0.25) is 0 Å². The molecule has 2 atom stereocenters. The number of halogens is 1. The zero-order valence-electron chi connectivity index (χ0n) is 14.5. The van der Waals surface area contributed by atoms with Crippen molar-refractivity contribution in [3.05, 3.63) is 46.4 Å². The maximum Gasteiger partial charge on any atom is 0.258 e. The Morgan fingerprint density at radius 1 is 1.31 bits per heavy atom. The smallest absolute Gasteiger partial charge is 0.258 e. The molecule has 2 unspecified atom stereocenters. The summed E-state index contributed by atoms with van der Waals surface area (Å²) < 4.78 is 2.70. The highest BCUT2D eigenvalue weighted by Crippen LogP contribution is 2.30. The molecule has 1 aromatic carbocycles. The van der Waals surface area contributed by atoms with E-state index in [0.29, 0.717) is 12.4 Å². The third-order valence-corrected chi connectivity index (χ3v) is 5.60. The van der Waals surface area contributed by atoms with Gasteiger partial charge in [0.15, 0.2) is 6.17 Å². The van der Waals surface area contributed by atoms with Gasteiger partial charge in [0.05, 0.1) is 6.54 Å². The molecule has 8 heteroatoms. The Morgan fingerprint density at radius 2 is 2.08 bits per heavy atom. The van der Waals surface area contributed by atoms with Crippen LogP contribution in [0, 0.1) is 5.92 Å². The fraction of sp³-hybridized carbons (Fsp3) is 0.333. The van der Waals surface area contributed by atoms with Crippen LogP contribution in [0.15, 0.2) is 50.2 Å². The lowest BCUT2D eigenvalue weighted by molar-refractivity contribution is 0.207. The second-order valence-corrected chi connectivity index (χ2v) is 7.83. The first-order valence-electron chi connectivity index (χ1n) is 8.46. The van der Waals surface area contributed by atoms with E-state index < -0.39 is 0 Å². The van der Waals surface area contributed by atoms with Gasteiger partial charge in [0.25, 0.3) is 5.56 Å². The molecule has 0 saturated heterocycles. The van der Waals surface area contributed by atoms with E-state index in [1.807, 2.05) is 47.7 Å². The molecule has 0 bridgehead atoms. The summed E-state index contributed by atoms with van der Waals surface area (Å²) in [6.07, 6.45) is 1.28. The average molecular weight is 462 g/mol. The topological polar surface area (TPSA) is 88.3 Å². The number of rotatable bonds is 3. The molecular weight excluding hydrogens is 443 g/mol. The third-order valence-electron chi connectivity index (χ3n) is 4.71. The zero-order chi connectivity index (χ0) is 18.4. The van der Waals surface area contributed by atoms with Crippen molar-refractivity contribution in [3.63, 3.8) is 0 Å². The van der Waals surface area contributed by atoms with Crippen molar-refractivity contribution < 1.29 is 0 Å². The van der Waals surface area contributed by atoms with Crippen LogP contribution in [0.1, 0.15) is 25.6 Å². The SMILES string of the molecule is CC(C)n1c(CN2N=C(I)C3C(N)=NC=NC32)cc2ccccc2c1=O. The minimum Gasteiger partial charge on any atom is -0.386 e. The maximum atomic E-state index is 13.0. The number of aliphatic imine (C=N–C) groups is 2. The summed E-state index contributed by atoms with van der Waals surface area (Å²) in [4.78, 5) is 21.6. The van der Waals surface area contributed by atoms with E-state index in [1.54, 1.807) is 0 Å². The van der Waals surface area contributed by atoms with Crippen molar-refractivity contribution in [1.29, 1.82) is 0 Å². The first kappa shape index (κ1) is 17.2. The average Bonchev–Trinajstić information content (AvgIpc) is 2.92. The number of hydrogen-bond donors (Lipinski definition) is 1. The van der Waals surface area contributed by atoms with Crippen LogP contribution in [0.3, 0.4) is 0 Å². The Bertz CT molecular complexity index is 1020. The van der Waals surface area contributed by atoms with Gasteiger partial charge in [0, 0.05) is 17.1 Å². The van der Waals surface area contributed by atoms with E-state index >= 15 is 0 Å². The molecule has 0 spiro atoms. The zero-order valence-corrected chi connectivity index (χ0v) is 16.7. The highest BCUT2D eigenvalue weighted by Gasteiger charge is 2.40. The molecule has 2 aliphatic heterocycles. The Hall–Kier alpha value is -2.23. The van der Waals surface area contributed by atoms with Crippen LogP contribution >= 0.6 is 22.6 Å². The number of amidine groups is 1. The molecular formula is C18H19IN6O. The van der Waals surface area contributed by atoms with E-state index in [2.05, 4.69) is 43.7 Å². The highest BCUT2D eigenvalue weighted by atomic mass is 127. The minimum absolute atomic E-state index is 0.0238. The Balaban J connectivity index is 1.78. The molecule has 2 aliphatic rings. The molecule has 0 fully saturated rings. The van der Waals surface area contributed by atoms with Crippen LogP contribution in [0.4, 0.5) is 0 Å². The number of nitrogens with two attached hydrogens (primary N) is 1.